The highest BCUT2D eigenvalue weighted by Gasteiger charge is 2.16. The fourth-order valence-electron chi connectivity index (χ4n) is 2.78. The van der Waals surface area contributed by atoms with Gasteiger partial charge in [0.05, 0.1) is 23.6 Å². The number of esters is 1. The molecule has 0 aliphatic carbocycles. The van der Waals surface area contributed by atoms with Gasteiger partial charge in [-0.25, -0.2) is 9.78 Å². The van der Waals surface area contributed by atoms with Crippen LogP contribution < -0.4 is 0 Å². The van der Waals surface area contributed by atoms with E-state index in [0.29, 0.717) is 18.0 Å². The molecule has 0 saturated carbocycles. The highest BCUT2D eigenvalue weighted by molar-refractivity contribution is 5.90. The van der Waals surface area contributed by atoms with Gasteiger partial charge in [-0.1, -0.05) is 61.7 Å². The zero-order valence-electron chi connectivity index (χ0n) is 16.7. The third-order valence-electron chi connectivity index (χ3n) is 4.11. The first-order valence-corrected chi connectivity index (χ1v) is 9.22. The fraction of sp³-hybridized carbons (Fsp3) is 0.167. The Kier molecular flexibility index (Phi) is 7.52. The van der Waals surface area contributed by atoms with Crippen molar-refractivity contribution in [1.82, 2.24) is 9.97 Å². The number of imidazole rings is 1. The Bertz CT molecular complexity index is 941. The van der Waals surface area contributed by atoms with Crippen LogP contribution in [-0.2, 0) is 4.74 Å². The summed E-state index contributed by atoms with van der Waals surface area (Å²) < 4.78 is 5.04. The number of aromatic amines is 1. The van der Waals surface area contributed by atoms with Crippen LogP contribution in [0.3, 0.4) is 0 Å². The Labute approximate surface area is 166 Å². The molecular weight excluding hydrogens is 348 g/mol. The van der Waals surface area contributed by atoms with Gasteiger partial charge in [0.2, 0.25) is 0 Å². The van der Waals surface area contributed by atoms with Gasteiger partial charge in [0.1, 0.15) is 5.82 Å². The van der Waals surface area contributed by atoms with Crippen molar-refractivity contribution in [2.75, 3.05) is 6.61 Å². The summed E-state index contributed by atoms with van der Waals surface area (Å²) in [5.74, 6) is 0.378. The van der Waals surface area contributed by atoms with E-state index in [9.17, 15) is 4.79 Å². The van der Waals surface area contributed by atoms with Gasteiger partial charge in [-0.05, 0) is 44.1 Å². The van der Waals surface area contributed by atoms with Crippen molar-refractivity contribution in [2.45, 2.75) is 20.8 Å². The molecule has 0 aliphatic heterocycles. The van der Waals surface area contributed by atoms with E-state index >= 15 is 0 Å². The normalized spacial score (nSPS) is 12.2. The smallest absolute Gasteiger partial charge is 0.338 e. The molecule has 2 aromatic rings. The quantitative estimate of drug-likeness (QED) is 0.456. The second-order valence-corrected chi connectivity index (χ2v) is 5.91. The molecule has 4 nitrogen and oxygen atoms in total. The van der Waals surface area contributed by atoms with Gasteiger partial charge in [0.15, 0.2) is 0 Å². The summed E-state index contributed by atoms with van der Waals surface area (Å²) in [7, 11) is 0. The second-order valence-electron chi connectivity index (χ2n) is 5.91. The number of ether oxygens (including phenoxy) is 1. The summed E-state index contributed by atoms with van der Waals surface area (Å²) in [6, 6.07) is 7.19. The van der Waals surface area contributed by atoms with E-state index in [-0.39, 0.29) is 5.97 Å². The van der Waals surface area contributed by atoms with E-state index < -0.39 is 0 Å². The molecule has 1 aromatic heterocycles. The SMILES string of the molecule is C=CC=C(C=C)c1[nH]c(-c2ccc(C(=O)OCC)cc2)nc1C(C=CC)=CC. The van der Waals surface area contributed by atoms with Crippen molar-refractivity contribution in [3.05, 3.63) is 90.8 Å². The van der Waals surface area contributed by atoms with Crippen LogP contribution >= 0.6 is 0 Å². The Hall–Kier alpha value is -3.40. The first-order valence-electron chi connectivity index (χ1n) is 9.22. The summed E-state index contributed by atoms with van der Waals surface area (Å²) in [5, 5.41) is 0. The van der Waals surface area contributed by atoms with Crippen LogP contribution in [-0.4, -0.2) is 22.5 Å². The minimum atomic E-state index is -0.331. The average Bonchev–Trinajstić information content (AvgIpc) is 3.15. The van der Waals surface area contributed by atoms with Crippen LogP contribution in [0.5, 0.6) is 0 Å². The van der Waals surface area contributed by atoms with Crippen LogP contribution in [0.25, 0.3) is 22.5 Å². The van der Waals surface area contributed by atoms with E-state index in [0.717, 1.165) is 28.1 Å². The monoisotopic (exact) mass is 374 g/mol. The number of benzene rings is 1. The first kappa shape index (κ1) is 20.9. The molecule has 0 aliphatic rings. The minimum absolute atomic E-state index is 0.331. The van der Waals surface area contributed by atoms with Crippen LogP contribution in [0.4, 0.5) is 0 Å². The molecule has 0 saturated heterocycles. The molecule has 0 bridgehead atoms. The molecule has 0 unspecified atom stereocenters. The van der Waals surface area contributed by atoms with Crippen molar-refractivity contribution in [3.63, 3.8) is 0 Å². The maximum absolute atomic E-state index is 11.9. The zero-order chi connectivity index (χ0) is 20.5. The molecule has 144 valence electrons. The van der Waals surface area contributed by atoms with Gasteiger partial charge in [-0.2, -0.15) is 0 Å². The number of hydrogen-bond acceptors (Lipinski definition) is 3. The predicted octanol–water partition coefficient (Wildman–Crippen LogP) is 5.99. The van der Waals surface area contributed by atoms with Crippen LogP contribution in [0.2, 0.25) is 0 Å². The number of hydrogen-bond donors (Lipinski definition) is 1. The van der Waals surface area contributed by atoms with Crippen molar-refractivity contribution < 1.29 is 9.53 Å². The Balaban J connectivity index is 2.55. The fourth-order valence-corrected chi connectivity index (χ4v) is 2.78. The number of allylic oxidation sites excluding steroid dienone is 8. The molecule has 2 rings (SSSR count). The van der Waals surface area contributed by atoms with Gasteiger partial charge in [0, 0.05) is 5.56 Å². The van der Waals surface area contributed by atoms with Crippen LogP contribution in [0, 0.1) is 0 Å². The number of carbonyl (C=O) groups is 1. The van der Waals surface area contributed by atoms with Crippen molar-refractivity contribution in [3.8, 4) is 11.4 Å². The number of carbonyl (C=O) groups excluding carboxylic acids is 1. The predicted molar refractivity (Wildman–Crippen MR) is 117 cm³/mol. The maximum Gasteiger partial charge on any atom is 0.338 e. The Morgan fingerprint density at radius 1 is 1.18 bits per heavy atom. The first-order chi connectivity index (χ1) is 13.6. The van der Waals surface area contributed by atoms with E-state index in [1.165, 1.54) is 0 Å². The minimum Gasteiger partial charge on any atom is -0.462 e. The van der Waals surface area contributed by atoms with Crippen LogP contribution in [0.1, 0.15) is 42.5 Å². The third kappa shape index (κ3) is 4.65. The summed E-state index contributed by atoms with van der Waals surface area (Å²) in [6.45, 7) is 13.8. The van der Waals surface area contributed by atoms with E-state index in [1.54, 1.807) is 31.2 Å². The summed E-state index contributed by atoms with van der Waals surface area (Å²) >= 11 is 0. The molecule has 0 radical (unpaired) electrons. The largest absolute Gasteiger partial charge is 0.462 e. The van der Waals surface area contributed by atoms with Gasteiger partial charge in [-0.15, -0.1) is 0 Å². The molecule has 0 atom stereocenters. The maximum atomic E-state index is 11.9. The molecule has 4 heteroatoms. The van der Waals surface area contributed by atoms with Crippen molar-refractivity contribution in [2.24, 2.45) is 0 Å². The highest BCUT2D eigenvalue weighted by Crippen LogP contribution is 2.29. The van der Waals surface area contributed by atoms with Crippen LogP contribution in [0.15, 0.2) is 73.9 Å². The molecule has 28 heavy (non-hydrogen) atoms. The number of nitrogens with zero attached hydrogens (tertiary/aromatic N) is 1. The Morgan fingerprint density at radius 3 is 2.43 bits per heavy atom. The average molecular weight is 374 g/mol. The Morgan fingerprint density at radius 2 is 1.89 bits per heavy atom. The van der Waals surface area contributed by atoms with Gasteiger partial charge in [-0.3, -0.25) is 0 Å². The lowest BCUT2D eigenvalue weighted by Gasteiger charge is -2.03. The standard InChI is InChI=1S/C24H26N2O2/c1-6-11-17(8-3)21-22(18(9-4)12-7-2)26-23(25-21)19-13-15-20(16-14-19)24(27)28-10-5/h6-9,11-16H,1,3,10H2,2,4-5H3,(H,25,26). The lowest BCUT2D eigenvalue weighted by Crippen LogP contribution is -2.04. The number of nitrogens with one attached hydrogen (secondary N) is 1. The summed E-state index contributed by atoms with van der Waals surface area (Å²) in [6.07, 6.45) is 11.4. The molecule has 0 fully saturated rings. The van der Waals surface area contributed by atoms with Gasteiger partial charge in [0.25, 0.3) is 0 Å². The third-order valence-corrected chi connectivity index (χ3v) is 4.11. The number of rotatable bonds is 8. The number of aromatic nitrogens is 2. The highest BCUT2D eigenvalue weighted by atomic mass is 16.5. The molecular formula is C24H26N2O2. The topological polar surface area (TPSA) is 55.0 Å². The molecule has 1 N–H and O–H groups in total. The van der Waals surface area contributed by atoms with Crippen molar-refractivity contribution in [1.29, 1.82) is 0 Å². The lowest BCUT2D eigenvalue weighted by molar-refractivity contribution is 0.0526. The number of H-pyrrole nitrogens is 1. The molecule has 1 heterocycles. The van der Waals surface area contributed by atoms with E-state index in [1.807, 2.05) is 50.3 Å². The van der Waals surface area contributed by atoms with Gasteiger partial charge < -0.3 is 9.72 Å². The van der Waals surface area contributed by atoms with E-state index in [4.69, 9.17) is 9.72 Å². The lowest BCUT2D eigenvalue weighted by atomic mass is 10.0. The summed E-state index contributed by atoms with van der Waals surface area (Å²) in [5.41, 5.74) is 4.98. The summed E-state index contributed by atoms with van der Waals surface area (Å²) in [4.78, 5) is 20.1. The second kappa shape index (κ2) is 10.1. The van der Waals surface area contributed by atoms with Gasteiger partial charge >= 0.3 is 5.97 Å². The van der Waals surface area contributed by atoms with Crippen molar-refractivity contribution >= 4 is 17.1 Å². The molecule has 0 amide bonds. The zero-order valence-corrected chi connectivity index (χ0v) is 16.7. The molecule has 0 spiro atoms. The molecule has 1 aromatic carbocycles. The van der Waals surface area contributed by atoms with E-state index in [2.05, 4.69) is 18.1 Å².